The summed E-state index contributed by atoms with van der Waals surface area (Å²) in [5.74, 6) is 1.59. The maximum atomic E-state index is 5.65. The second-order valence-corrected chi connectivity index (χ2v) is 6.20. The Kier molecular flexibility index (Phi) is 8.19. The number of methoxy groups -OCH3 is 1. The van der Waals surface area contributed by atoms with Crippen LogP contribution in [0, 0.1) is 5.92 Å². The molecule has 0 saturated carbocycles. The molecule has 20 heavy (non-hydrogen) atoms. The number of hydrogen-bond donors (Lipinski definition) is 1. The fourth-order valence-electron chi connectivity index (χ4n) is 2.06. The first-order valence-electron chi connectivity index (χ1n) is 7.17. The molecule has 4 heteroatoms. The van der Waals surface area contributed by atoms with Gasteiger partial charge in [0, 0.05) is 13.2 Å². The number of ether oxygens (including phenoxy) is 2. The van der Waals surface area contributed by atoms with Gasteiger partial charge in [-0.05, 0) is 59.4 Å². The zero-order chi connectivity index (χ0) is 15.0. The summed E-state index contributed by atoms with van der Waals surface area (Å²) in [6.45, 7) is 5.68. The number of halogens is 1. The predicted molar refractivity (Wildman–Crippen MR) is 87.4 cm³/mol. The van der Waals surface area contributed by atoms with Crippen molar-refractivity contribution in [3.05, 3.63) is 28.2 Å². The van der Waals surface area contributed by atoms with Crippen LogP contribution in [0.3, 0.4) is 0 Å². The second-order valence-electron chi connectivity index (χ2n) is 5.34. The van der Waals surface area contributed by atoms with Crippen molar-refractivity contribution in [2.24, 2.45) is 5.92 Å². The van der Waals surface area contributed by atoms with Gasteiger partial charge in [-0.2, -0.15) is 0 Å². The summed E-state index contributed by atoms with van der Waals surface area (Å²) in [4.78, 5) is 0. The lowest BCUT2D eigenvalue weighted by Gasteiger charge is -2.19. The number of nitrogens with one attached hydrogen (secondary N) is 1. The molecule has 0 bridgehead atoms. The van der Waals surface area contributed by atoms with Gasteiger partial charge in [0.05, 0.1) is 11.1 Å². The highest BCUT2D eigenvalue weighted by atomic mass is 79.9. The van der Waals surface area contributed by atoms with Gasteiger partial charge in [0.25, 0.3) is 0 Å². The third kappa shape index (κ3) is 5.81. The molecule has 1 aromatic carbocycles. The molecule has 1 unspecified atom stereocenters. The first kappa shape index (κ1) is 17.5. The molecular weight excluding hydrogens is 318 g/mol. The van der Waals surface area contributed by atoms with E-state index in [9.17, 15) is 0 Å². The maximum Gasteiger partial charge on any atom is 0.133 e. The van der Waals surface area contributed by atoms with E-state index in [1.165, 1.54) is 12.0 Å². The van der Waals surface area contributed by atoms with Crippen LogP contribution in [-0.2, 0) is 4.74 Å². The molecule has 1 aromatic rings. The van der Waals surface area contributed by atoms with Gasteiger partial charge in [-0.25, -0.2) is 0 Å². The van der Waals surface area contributed by atoms with Crippen molar-refractivity contribution in [1.29, 1.82) is 0 Å². The van der Waals surface area contributed by atoms with Crippen molar-refractivity contribution < 1.29 is 9.47 Å². The first-order valence-corrected chi connectivity index (χ1v) is 7.96. The van der Waals surface area contributed by atoms with E-state index in [0.717, 1.165) is 22.6 Å². The van der Waals surface area contributed by atoms with Crippen LogP contribution in [0.2, 0.25) is 0 Å². The topological polar surface area (TPSA) is 30.5 Å². The van der Waals surface area contributed by atoms with E-state index >= 15 is 0 Å². The lowest BCUT2D eigenvalue weighted by atomic mass is 9.98. The fourth-order valence-corrected chi connectivity index (χ4v) is 2.57. The van der Waals surface area contributed by atoms with E-state index in [4.69, 9.17) is 9.47 Å². The van der Waals surface area contributed by atoms with Gasteiger partial charge >= 0.3 is 0 Å². The lowest BCUT2D eigenvalue weighted by Crippen LogP contribution is -2.17. The molecule has 0 radical (unpaired) electrons. The van der Waals surface area contributed by atoms with Gasteiger partial charge in [-0.1, -0.05) is 19.9 Å². The third-order valence-electron chi connectivity index (χ3n) is 3.28. The minimum atomic E-state index is 0.390. The Balaban J connectivity index is 2.68. The van der Waals surface area contributed by atoms with Crippen LogP contribution in [0.4, 0.5) is 0 Å². The lowest BCUT2D eigenvalue weighted by molar-refractivity contribution is 0.146. The van der Waals surface area contributed by atoms with Gasteiger partial charge in [0.2, 0.25) is 0 Å². The highest BCUT2D eigenvalue weighted by Crippen LogP contribution is 2.30. The molecule has 0 spiro atoms. The van der Waals surface area contributed by atoms with E-state index < -0.39 is 0 Å². The minimum Gasteiger partial charge on any atom is -0.490 e. The molecule has 1 N–H and O–H groups in total. The first-order chi connectivity index (χ1) is 9.58. The molecule has 0 heterocycles. The molecule has 0 aromatic heterocycles. The van der Waals surface area contributed by atoms with Crippen LogP contribution in [0.5, 0.6) is 5.75 Å². The SMILES string of the molecule is CNC(CCC(C)C)c1ccc(OCCOC)c(Br)c1. The third-order valence-corrected chi connectivity index (χ3v) is 3.90. The summed E-state index contributed by atoms with van der Waals surface area (Å²) in [5.41, 5.74) is 1.29. The summed E-state index contributed by atoms with van der Waals surface area (Å²) >= 11 is 3.58. The summed E-state index contributed by atoms with van der Waals surface area (Å²) in [7, 11) is 3.69. The molecule has 0 amide bonds. The van der Waals surface area contributed by atoms with E-state index in [0.29, 0.717) is 19.3 Å². The highest BCUT2D eigenvalue weighted by Gasteiger charge is 2.12. The van der Waals surface area contributed by atoms with E-state index in [-0.39, 0.29) is 0 Å². The van der Waals surface area contributed by atoms with E-state index in [1.54, 1.807) is 7.11 Å². The average Bonchev–Trinajstić information content (AvgIpc) is 2.41. The van der Waals surface area contributed by atoms with Crippen molar-refractivity contribution in [1.82, 2.24) is 5.32 Å². The summed E-state index contributed by atoms with van der Waals surface area (Å²) in [5, 5.41) is 3.39. The number of benzene rings is 1. The summed E-state index contributed by atoms with van der Waals surface area (Å²) < 4.78 is 11.6. The highest BCUT2D eigenvalue weighted by molar-refractivity contribution is 9.10. The van der Waals surface area contributed by atoms with Gasteiger partial charge in [0.1, 0.15) is 12.4 Å². The summed E-state index contributed by atoms with van der Waals surface area (Å²) in [6, 6.07) is 6.69. The Labute approximate surface area is 131 Å². The molecule has 0 saturated heterocycles. The normalized spacial score (nSPS) is 12.7. The molecule has 0 fully saturated rings. The smallest absolute Gasteiger partial charge is 0.133 e. The van der Waals surface area contributed by atoms with Gasteiger partial charge in [-0.15, -0.1) is 0 Å². The van der Waals surface area contributed by atoms with Crippen molar-refractivity contribution in [2.45, 2.75) is 32.7 Å². The zero-order valence-corrected chi connectivity index (χ0v) is 14.5. The van der Waals surface area contributed by atoms with Crippen molar-refractivity contribution in [3.63, 3.8) is 0 Å². The molecule has 3 nitrogen and oxygen atoms in total. The van der Waals surface area contributed by atoms with Crippen LogP contribution >= 0.6 is 15.9 Å². The summed E-state index contributed by atoms with van der Waals surface area (Å²) in [6.07, 6.45) is 2.36. The van der Waals surface area contributed by atoms with Crippen molar-refractivity contribution in [3.8, 4) is 5.75 Å². The standard InChI is InChI=1S/C16H26BrNO2/c1-12(2)5-7-15(18-3)13-6-8-16(14(17)11-13)20-10-9-19-4/h6,8,11-12,15,18H,5,7,9-10H2,1-4H3. The zero-order valence-electron chi connectivity index (χ0n) is 12.9. The molecule has 1 atom stereocenters. The number of rotatable bonds is 9. The number of hydrogen-bond acceptors (Lipinski definition) is 3. The van der Waals surface area contributed by atoms with Crippen LogP contribution in [0.25, 0.3) is 0 Å². The molecular formula is C16H26BrNO2. The van der Waals surface area contributed by atoms with Gasteiger partial charge in [-0.3, -0.25) is 0 Å². The Morgan fingerprint density at radius 1 is 1.20 bits per heavy atom. The van der Waals surface area contributed by atoms with Crippen LogP contribution in [0.15, 0.2) is 22.7 Å². The Morgan fingerprint density at radius 2 is 1.95 bits per heavy atom. The van der Waals surface area contributed by atoms with E-state index in [1.807, 2.05) is 13.1 Å². The molecule has 1 rings (SSSR count). The van der Waals surface area contributed by atoms with E-state index in [2.05, 4.69) is 47.2 Å². The average molecular weight is 344 g/mol. The Bertz CT molecular complexity index is 396. The van der Waals surface area contributed by atoms with Crippen LogP contribution < -0.4 is 10.1 Å². The predicted octanol–water partition coefficient (Wildman–Crippen LogP) is 4.17. The van der Waals surface area contributed by atoms with Crippen LogP contribution in [0.1, 0.15) is 38.3 Å². The minimum absolute atomic E-state index is 0.390. The van der Waals surface area contributed by atoms with Gasteiger partial charge < -0.3 is 14.8 Å². The van der Waals surface area contributed by atoms with Crippen LogP contribution in [-0.4, -0.2) is 27.4 Å². The largest absolute Gasteiger partial charge is 0.490 e. The molecule has 0 aliphatic heterocycles. The molecule has 0 aliphatic rings. The Morgan fingerprint density at radius 3 is 2.50 bits per heavy atom. The quantitative estimate of drug-likeness (QED) is 0.682. The van der Waals surface area contributed by atoms with Gasteiger partial charge in [0.15, 0.2) is 0 Å². The second kappa shape index (κ2) is 9.37. The fraction of sp³-hybridized carbons (Fsp3) is 0.625. The van der Waals surface area contributed by atoms with Crippen molar-refractivity contribution >= 4 is 15.9 Å². The Hall–Kier alpha value is -0.580. The van der Waals surface area contributed by atoms with Crippen molar-refractivity contribution in [2.75, 3.05) is 27.4 Å². The molecule has 114 valence electrons. The molecule has 0 aliphatic carbocycles. The maximum absolute atomic E-state index is 5.65. The monoisotopic (exact) mass is 343 g/mol.